The molecule has 3 N–H and O–H groups in total. The predicted octanol–water partition coefficient (Wildman–Crippen LogP) is 1.22. The molecule has 1 atom stereocenters. The second-order valence-electron chi connectivity index (χ2n) is 4.91. The van der Waals surface area contributed by atoms with Crippen LogP contribution in [-0.4, -0.2) is 19.0 Å². The lowest BCUT2D eigenvalue weighted by molar-refractivity contribution is -0.666. The maximum atomic E-state index is 12.1. The van der Waals surface area contributed by atoms with Gasteiger partial charge in [-0.15, -0.1) is 0 Å². The van der Waals surface area contributed by atoms with Crippen LogP contribution in [0.5, 0.6) is 0 Å². The summed E-state index contributed by atoms with van der Waals surface area (Å²) in [6, 6.07) is 6.10. The first-order valence-corrected chi connectivity index (χ1v) is 6.37. The molecule has 1 amide bonds. The third-order valence-corrected chi connectivity index (χ3v) is 3.51. The Balaban J connectivity index is 2.07. The number of hydrogen-bond donors (Lipinski definition) is 2. The molecule has 1 aromatic carbocycles. The Bertz CT molecular complexity index is 388. The Morgan fingerprint density at radius 1 is 1.35 bits per heavy atom. The standard InChI is InChI=1S/C14H20N2O/c1-10-5-3-6-11(2)13(10)16-14(17)12-7-4-8-15-9-12/h3,5-6,12,15H,4,7-9H2,1-2H3,(H,16,17)/p+1/t12-/m1/s1. The average molecular weight is 233 g/mol. The van der Waals surface area contributed by atoms with E-state index in [4.69, 9.17) is 0 Å². The molecule has 1 saturated heterocycles. The maximum Gasteiger partial charge on any atom is 0.233 e. The molecule has 92 valence electrons. The molecule has 1 heterocycles. The van der Waals surface area contributed by atoms with Crippen LogP contribution >= 0.6 is 0 Å². The van der Waals surface area contributed by atoms with Crippen molar-refractivity contribution in [3.63, 3.8) is 0 Å². The minimum absolute atomic E-state index is 0.169. The quantitative estimate of drug-likeness (QED) is 0.792. The first-order chi connectivity index (χ1) is 8.18. The van der Waals surface area contributed by atoms with Gasteiger partial charge in [0, 0.05) is 5.69 Å². The van der Waals surface area contributed by atoms with Crippen molar-refractivity contribution in [3.8, 4) is 0 Å². The highest BCUT2D eigenvalue weighted by molar-refractivity contribution is 5.94. The van der Waals surface area contributed by atoms with E-state index >= 15 is 0 Å². The van der Waals surface area contributed by atoms with E-state index in [2.05, 4.69) is 10.6 Å². The van der Waals surface area contributed by atoms with Crippen LogP contribution < -0.4 is 10.6 Å². The number of carbonyl (C=O) groups is 1. The lowest BCUT2D eigenvalue weighted by Gasteiger charge is -2.20. The van der Waals surface area contributed by atoms with Crippen LogP contribution in [0.4, 0.5) is 5.69 Å². The van der Waals surface area contributed by atoms with E-state index in [9.17, 15) is 4.79 Å². The van der Waals surface area contributed by atoms with Gasteiger partial charge in [-0.05, 0) is 37.8 Å². The first kappa shape index (κ1) is 12.1. The van der Waals surface area contributed by atoms with Gasteiger partial charge in [-0.1, -0.05) is 18.2 Å². The molecule has 1 aliphatic heterocycles. The van der Waals surface area contributed by atoms with Crippen LogP contribution in [0.15, 0.2) is 18.2 Å². The summed E-state index contributed by atoms with van der Waals surface area (Å²) in [6.07, 6.45) is 2.16. The molecule has 0 unspecified atom stereocenters. The molecule has 0 aliphatic carbocycles. The lowest BCUT2D eigenvalue weighted by Crippen LogP contribution is -2.87. The topological polar surface area (TPSA) is 45.7 Å². The molecular weight excluding hydrogens is 212 g/mol. The zero-order valence-electron chi connectivity index (χ0n) is 10.6. The van der Waals surface area contributed by atoms with Crippen LogP contribution in [0, 0.1) is 19.8 Å². The molecule has 0 radical (unpaired) electrons. The summed E-state index contributed by atoms with van der Waals surface area (Å²) in [7, 11) is 0. The van der Waals surface area contributed by atoms with Crippen molar-refractivity contribution < 1.29 is 10.1 Å². The number of aryl methyl sites for hydroxylation is 2. The Kier molecular flexibility index (Phi) is 3.79. The molecule has 0 spiro atoms. The maximum absolute atomic E-state index is 12.1. The van der Waals surface area contributed by atoms with E-state index < -0.39 is 0 Å². The van der Waals surface area contributed by atoms with Crippen molar-refractivity contribution in [3.05, 3.63) is 29.3 Å². The van der Waals surface area contributed by atoms with Gasteiger partial charge in [0.05, 0.1) is 19.0 Å². The number of carbonyl (C=O) groups excluding carboxylic acids is 1. The van der Waals surface area contributed by atoms with Gasteiger partial charge < -0.3 is 10.6 Å². The van der Waals surface area contributed by atoms with Crippen LogP contribution in [0.3, 0.4) is 0 Å². The number of nitrogens with two attached hydrogens (primary N) is 1. The summed E-state index contributed by atoms with van der Waals surface area (Å²) >= 11 is 0. The zero-order valence-corrected chi connectivity index (χ0v) is 10.6. The van der Waals surface area contributed by atoms with E-state index in [1.807, 2.05) is 32.0 Å². The third-order valence-electron chi connectivity index (χ3n) is 3.51. The molecule has 1 fully saturated rings. The minimum atomic E-state index is 0.169. The normalized spacial score (nSPS) is 20.0. The van der Waals surface area contributed by atoms with Crippen molar-refractivity contribution in [1.29, 1.82) is 0 Å². The molecule has 3 heteroatoms. The number of quaternary nitrogens is 1. The summed E-state index contributed by atoms with van der Waals surface area (Å²) in [5.74, 6) is 0.348. The fourth-order valence-electron chi connectivity index (χ4n) is 2.42. The Hall–Kier alpha value is -1.35. The molecular formula is C14H21N2O+. The largest absolute Gasteiger partial charge is 0.346 e. The van der Waals surface area contributed by atoms with Gasteiger partial charge >= 0.3 is 0 Å². The first-order valence-electron chi connectivity index (χ1n) is 6.37. The van der Waals surface area contributed by atoms with Crippen molar-refractivity contribution in [2.45, 2.75) is 26.7 Å². The fraction of sp³-hybridized carbons (Fsp3) is 0.500. The second-order valence-corrected chi connectivity index (χ2v) is 4.91. The summed E-state index contributed by atoms with van der Waals surface area (Å²) in [6.45, 7) is 6.16. The molecule has 0 aromatic heterocycles. The SMILES string of the molecule is Cc1cccc(C)c1NC(=O)[C@@H]1CCC[NH2+]C1. The van der Waals surface area contributed by atoms with Gasteiger partial charge in [-0.25, -0.2) is 0 Å². The summed E-state index contributed by atoms with van der Waals surface area (Å²) in [5.41, 5.74) is 3.26. The highest BCUT2D eigenvalue weighted by Gasteiger charge is 2.24. The van der Waals surface area contributed by atoms with Gasteiger partial charge in [-0.3, -0.25) is 4.79 Å². The molecule has 3 nitrogen and oxygen atoms in total. The molecule has 2 rings (SSSR count). The highest BCUT2D eigenvalue weighted by atomic mass is 16.1. The Morgan fingerprint density at radius 3 is 2.65 bits per heavy atom. The van der Waals surface area contributed by atoms with Crippen molar-refractivity contribution in [2.24, 2.45) is 5.92 Å². The minimum Gasteiger partial charge on any atom is -0.346 e. The monoisotopic (exact) mass is 233 g/mol. The van der Waals surface area contributed by atoms with Crippen LogP contribution in [0.1, 0.15) is 24.0 Å². The smallest absolute Gasteiger partial charge is 0.233 e. The summed E-state index contributed by atoms with van der Waals surface area (Å²) in [5, 5.41) is 5.32. The molecule has 1 aliphatic rings. The number of rotatable bonds is 2. The van der Waals surface area contributed by atoms with E-state index in [0.29, 0.717) is 0 Å². The number of amides is 1. The number of piperidine rings is 1. The number of para-hydroxylation sites is 1. The summed E-state index contributed by atoms with van der Waals surface area (Å²) < 4.78 is 0. The highest BCUT2D eigenvalue weighted by Crippen LogP contribution is 2.20. The van der Waals surface area contributed by atoms with Gasteiger partial charge in [0.1, 0.15) is 0 Å². The van der Waals surface area contributed by atoms with Gasteiger partial charge in [-0.2, -0.15) is 0 Å². The number of anilines is 1. The van der Waals surface area contributed by atoms with E-state index in [1.165, 1.54) is 0 Å². The molecule has 0 bridgehead atoms. The van der Waals surface area contributed by atoms with E-state index in [0.717, 1.165) is 42.7 Å². The number of hydrogen-bond acceptors (Lipinski definition) is 1. The predicted molar refractivity (Wildman–Crippen MR) is 68.9 cm³/mol. The molecule has 17 heavy (non-hydrogen) atoms. The van der Waals surface area contributed by atoms with Crippen molar-refractivity contribution in [1.82, 2.24) is 0 Å². The van der Waals surface area contributed by atoms with E-state index in [-0.39, 0.29) is 11.8 Å². The van der Waals surface area contributed by atoms with Crippen molar-refractivity contribution in [2.75, 3.05) is 18.4 Å². The van der Waals surface area contributed by atoms with Crippen LogP contribution in [0.2, 0.25) is 0 Å². The van der Waals surface area contributed by atoms with Gasteiger partial charge in [0.2, 0.25) is 5.91 Å². The average Bonchev–Trinajstić information content (AvgIpc) is 2.35. The van der Waals surface area contributed by atoms with Gasteiger partial charge in [0.15, 0.2) is 0 Å². The number of benzene rings is 1. The van der Waals surface area contributed by atoms with Crippen LogP contribution in [0.25, 0.3) is 0 Å². The third kappa shape index (κ3) is 2.86. The molecule has 1 aromatic rings. The number of nitrogens with one attached hydrogen (secondary N) is 1. The lowest BCUT2D eigenvalue weighted by atomic mass is 9.98. The Morgan fingerprint density at radius 2 is 2.06 bits per heavy atom. The zero-order chi connectivity index (χ0) is 12.3. The van der Waals surface area contributed by atoms with Crippen LogP contribution in [-0.2, 0) is 4.79 Å². The Labute approximate surface area is 103 Å². The fourth-order valence-corrected chi connectivity index (χ4v) is 2.42. The van der Waals surface area contributed by atoms with Gasteiger partial charge in [0.25, 0.3) is 0 Å². The molecule has 0 saturated carbocycles. The van der Waals surface area contributed by atoms with E-state index in [1.54, 1.807) is 0 Å². The second kappa shape index (κ2) is 5.32. The summed E-state index contributed by atoms with van der Waals surface area (Å²) in [4.78, 5) is 12.1. The van der Waals surface area contributed by atoms with Crippen molar-refractivity contribution >= 4 is 11.6 Å².